The fourth-order valence-electron chi connectivity index (χ4n) is 3.39. The van der Waals surface area contributed by atoms with E-state index < -0.39 is 5.97 Å². The quantitative estimate of drug-likeness (QED) is 0.769. The SMILES string of the molecule is Cc1ccc(C)c(/C=C2\CCn3c2nc2ccc(C(=O)O)cc2c3=O)c1. The molecule has 0 aliphatic carbocycles. The maximum atomic E-state index is 12.8. The van der Waals surface area contributed by atoms with Gasteiger partial charge in [0.05, 0.1) is 16.5 Å². The smallest absolute Gasteiger partial charge is 0.335 e. The van der Waals surface area contributed by atoms with E-state index in [4.69, 9.17) is 5.11 Å². The predicted octanol–water partition coefficient (Wildman–Crippen LogP) is 3.66. The molecule has 0 fully saturated rings. The number of aromatic nitrogens is 2. The van der Waals surface area contributed by atoms with Crippen LogP contribution in [0.15, 0.2) is 41.2 Å². The molecule has 0 radical (unpaired) electrons. The number of carboxylic acid groups (broad SMARTS) is 1. The van der Waals surface area contributed by atoms with Crippen LogP contribution < -0.4 is 5.56 Å². The van der Waals surface area contributed by atoms with Crippen molar-refractivity contribution in [3.63, 3.8) is 0 Å². The summed E-state index contributed by atoms with van der Waals surface area (Å²) in [6.45, 7) is 4.68. The Morgan fingerprint density at radius 1 is 1.19 bits per heavy atom. The summed E-state index contributed by atoms with van der Waals surface area (Å²) in [4.78, 5) is 28.6. The van der Waals surface area contributed by atoms with Crippen LogP contribution in [0.2, 0.25) is 0 Å². The van der Waals surface area contributed by atoms with Gasteiger partial charge in [0.25, 0.3) is 5.56 Å². The molecule has 1 N–H and O–H groups in total. The number of rotatable bonds is 2. The summed E-state index contributed by atoms with van der Waals surface area (Å²) in [6.07, 6.45) is 2.84. The van der Waals surface area contributed by atoms with E-state index >= 15 is 0 Å². The largest absolute Gasteiger partial charge is 0.478 e. The molecule has 26 heavy (non-hydrogen) atoms. The highest BCUT2D eigenvalue weighted by Gasteiger charge is 2.21. The number of allylic oxidation sites excluding steroid dienone is 1. The molecule has 5 nitrogen and oxygen atoms in total. The minimum absolute atomic E-state index is 0.0982. The van der Waals surface area contributed by atoms with Crippen molar-refractivity contribution in [1.29, 1.82) is 0 Å². The Hall–Kier alpha value is -3.21. The van der Waals surface area contributed by atoms with Crippen LogP contribution in [0, 0.1) is 13.8 Å². The molecule has 3 aromatic rings. The number of carboxylic acids is 1. The Morgan fingerprint density at radius 2 is 2.00 bits per heavy atom. The highest BCUT2D eigenvalue weighted by molar-refractivity contribution is 5.93. The van der Waals surface area contributed by atoms with E-state index in [-0.39, 0.29) is 11.1 Å². The molecule has 2 heterocycles. The molecule has 0 amide bonds. The Labute approximate surface area is 150 Å². The van der Waals surface area contributed by atoms with Crippen molar-refractivity contribution in [3.05, 3.63) is 74.8 Å². The molecule has 2 aromatic carbocycles. The van der Waals surface area contributed by atoms with Gasteiger partial charge in [0.1, 0.15) is 5.82 Å². The van der Waals surface area contributed by atoms with E-state index in [0.717, 1.165) is 17.6 Å². The summed E-state index contributed by atoms with van der Waals surface area (Å²) in [5.74, 6) is -0.376. The van der Waals surface area contributed by atoms with Gasteiger partial charge < -0.3 is 5.11 Å². The second-order valence-electron chi connectivity index (χ2n) is 6.71. The van der Waals surface area contributed by atoms with E-state index in [1.165, 1.54) is 23.3 Å². The van der Waals surface area contributed by atoms with Gasteiger partial charge in [-0.05, 0) is 61.2 Å². The van der Waals surface area contributed by atoms with E-state index in [1.807, 2.05) is 0 Å². The van der Waals surface area contributed by atoms with Crippen LogP contribution in [-0.2, 0) is 6.54 Å². The fourth-order valence-corrected chi connectivity index (χ4v) is 3.39. The van der Waals surface area contributed by atoms with Crippen LogP contribution in [0.3, 0.4) is 0 Å². The molecule has 1 aromatic heterocycles. The van der Waals surface area contributed by atoms with Crippen LogP contribution in [0.4, 0.5) is 0 Å². The third-order valence-corrected chi connectivity index (χ3v) is 4.86. The molecule has 1 aliphatic rings. The number of aryl methyl sites for hydroxylation is 2. The van der Waals surface area contributed by atoms with Gasteiger partial charge in [0.15, 0.2) is 0 Å². The third-order valence-electron chi connectivity index (χ3n) is 4.86. The molecule has 130 valence electrons. The van der Waals surface area contributed by atoms with Gasteiger partial charge in [-0.1, -0.05) is 23.8 Å². The lowest BCUT2D eigenvalue weighted by molar-refractivity contribution is 0.0697. The van der Waals surface area contributed by atoms with Gasteiger partial charge in [-0.3, -0.25) is 9.36 Å². The van der Waals surface area contributed by atoms with Crippen LogP contribution in [-0.4, -0.2) is 20.6 Å². The lowest BCUT2D eigenvalue weighted by Gasteiger charge is -2.07. The van der Waals surface area contributed by atoms with Crippen molar-refractivity contribution in [3.8, 4) is 0 Å². The van der Waals surface area contributed by atoms with Gasteiger partial charge in [-0.2, -0.15) is 0 Å². The Kier molecular flexibility index (Phi) is 3.72. The molecule has 0 atom stereocenters. The number of hydrogen-bond acceptors (Lipinski definition) is 3. The van der Waals surface area contributed by atoms with Gasteiger partial charge in [-0.15, -0.1) is 0 Å². The molecule has 0 saturated carbocycles. The number of hydrogen-bond donors (Lipinski definition) is 1. The van der Waals surface area contributed by atoms with Gasteiger partial charge in [0, 0.05) is 6.54 Å². The van der Waals surface area contributed by atoms with Gasteiger partial charge in [0.2, 0.25) is 0 Å². The number of aromatic carboxylic acids is 1. The summed E-state index contributed by atoms with van der Waals surface area (Å²) in [5, 5.41) is 9.49. The highest BCUT2D eigenvalue weighted by Crippen LogP contribution is 2.28. The van der Waals surface area contributed by atoms with Crippen LogP contribution in [0.5, 0.6) is 0 Å². The highest BCUT2D eigenvalue weighted by atomic mass is 16.4. The van der Waals surface area contributed by atoms with Crippen molar-refractivity contribution in [2.24, 2.45) is 0 Å². The molecule has 0 bridgehead atoms. The number of benzene rings is 2. The van der Waals surface area contributed by atoms with Crippen molar-refractivity contribution >= 4 is 28.5 Å². The summed E-state index contributed by atoms with van der Waals surface area (Å²) < 4.78 is 1.64. The minimum Gasteiger partial charge on any atom is -0.478 e. The first-order valence-corrected chi connectivity index (χ1v) is 8.50. The van der Waals surface area contributed by atoms with E-state index in [9.17, 15) is 9.59 Å². The van der Waals surface area contributed by atoms with Crippen molar-refractivity contribution < 1.29 is 9.90 Å². The van der Waals surface area contributed by atoms with Gasteiger partial charge in [-0.25, -0.2) is 9.78 Å². The first kappa shape index (κ1) is 16.3. The summed E-state index contributed by atoms with van der Waals surface area (Å²) >= 11 is 0. The minimum atomic E-state index is -1.05. The zero-order valence-corrected chi connectivity index (χ0v) is 14.6. The third kappa shape index (κ3) is 2.62. The summed E-state index contributed by atoms with van der Waals surface area (Å²) in [6, 6.07) is 10.8. The molecule has 5 heteroatoms. The molecule has 0 spiro atoms. The molecule has 0 unspecified atom stereocenters. The van der Waals surface area contributed by atoms with Crippen molar-refractivity contribution in [2.75, 3.05) is 0 Å². The normalized spacial score (nSPS) is 14.8. The zero-order chi connectivity index (χ0) is 18.4. The molecule has 4 rings (SSSR count). The monoisotopic (exact) mass is 346 g/mol. The number of carbonyl (C=O) groups is 1. The summed E-state index contributed by atoms with van der Waals surface area (Å²) in [5.41, 5.74) is 4.96. The lowest BCUT2D eigenvalue weighted by atomic mass is 10.0. The lowest BCUT2D eigenvalue weighted by Crippen LogP contribution is -2.21. The van der Waals surface area contributed by atoms with Crippen LogP contribution in [0.25, 0.3) is 22.6 Å². The maximum Gasteiger partial charge on any atom is 0.335 e. The average Bonchev–Trinajstić information content (AvgIpc) is 3.01. The number of fused-ring (bicyclic) bond motifs is 2. The standard InChI is InChI=1S/C21H18N2O3/c1-12-3-4-13(2)16(9-12)10-14-7-8-23-19(14)22-18-6-5-15(21(25)26)11-17(18)20(23)24/h3-6,9-11H,7-8H2,1-2H3,(H,25,26)/b14-10+. The average molecular weight is 346 g/mol. The topological polar surface area (TPSA) is 72.2 Å². The van der Waals surface area contributed by atoms with Crippen molar-refractivity contribution in [2.45, 2.75) is 26.8 Å². The maximum absolute atomic E-state index is 12.8. The molecular weight excluding hydrogens is 328 g/mol. The van der Waals surface area contributed by atoms with Crippen LogP contribution >= 0.6 is 0 Å². The fraction of sp³-hybridized carbons (Fsp3) is 0.190. The Morgan fingerprint density at radius 3 is 2.77 bits per heavy atom. The zero-order valence-electron chi connectivity index (χ0n) is 14.6. The molecular formula is C21H18N2O3. The second-order valence-corrected chi connectivity index (χ2v) is 6.71. The summed E-state index contributed by atoms with van der Waals surface area (Å²) in [7, 11) is 0. The van der Waals surface area contributed by atoms with Crippen LogP contribution in [0.1, 0.15) is 39.3 Å². The molecule has 0 saturated heterocycles. The first-order chi connectivity index (χ1) is 12.4. The predicted molar refractivity (Wildman–Crippen MR) is 101 cm³/mol. The Balaban J connectivity index is 1.90. The Bertz CT molecular complexity index is 1160. The van der Waals surface area contributed by atoms with Crippen molar-refractivity contribution in [1.82, 2.24) is 9.55 Å². The van der Waals surface area contributed by atoms with Gasteiger partial charge >= 0.3 is 5.97 Å². The van der Waals surface area contributed by atoms with E-state index in [2.05, 4.69) is 43.1 Å². The second kappa shape index (κ2) is 5.95. The van der Waals surface area contributed by atoms with E-state index in [0.29, 0.717) is 23.3 Å². The first-order valence-electron chi connectivity index (χ1n) is 8.50. The number of nitrogens with zero attached hydrogens (tertiary/aromatic N) is 2. The molecule has 1 aliphatic heterocycles. The van der Waals surface area contributed by atoms with E-state index in [1.54, 1.807) is 10.6 Å².